The van der Waals surface area contributed by atoms with Crippen LogP contribution in [0, 0.1) is 10.1 Å². The summed E-state index contributed by atoms with van der Waals surface area (Å²) >= 11 is 0. The van der Waals surface area contributed by atoms with Crippen LogP contribution in [0.25, 0.3) is 11.3 Å². The zero-order valence-corrected chi connectivity index (χ0v) is 17.5. The molecule has 0 bridgehead atoms. The van der Waals surface area contributed by atoms with Crippen molar-refractivity contribution in [3.63, 3.8) is 0 Å². The van der Waals surface area contributed by atoms with Crippen molar-refractivity contribution in [3.8, 4) is 17.0 Å². The fourth-order valence-corrected chi connectivity index (χ4v) is 4.49. The number of benzene rings is 2. The lowest BCUT2D eigenvalue weighted by molar-refractivity contribution is -0.384. The van der Waals surface area contributed by atoms with E-state index < -0.39 is 11.0 Å². The Morgan fingerprint density at radius 2 is 1.97 bits per heavy atom. The number of aromatic nitrogens is 2. The monoisotopic (exact) mass is 434 g/mol. The van der Waals surface area contributed by atoms with E-state index in [0.29, 0.717) is 24.5 Å². The number of aromatic amines is 1. The number of H-pyrrole nitrogens is 1. The second-order valence-corrected chi connectivity index (χ2v) is 7.93. The number of carbonyl (C=O) groups excluding carboxylic acids is 1. The van der Waals surface area contributed by atoms with Gasteiger partial charge in [0.15, 0.2) is 0 Å². The number of nitro benzene ring substituents is 1. The number of non-ortho nitro benzene ring substituents is 1. The molecule has 2 aromatic carbocycles. The summed E-state index contributed by atoms with van der Waals surface area (Å²) in [5.74, 6) is 0.579. The fraction of sp³-hybridized carbons (Fsp3) is 0.304. The number of hydrogen-bond acceptors (Lipinski definition) is 6. The number of fused-ring (bicyclic) bond motifs is 1. The van der Waals surface area contributed by atoms with Crippen LogP contribution in [0.2, 0.25) is 0 Å². The van der Waals surface area contributed by atoms with Crippen LogP contribution in [-0.4, -0.2) is 52.3 Å². The molecule has 2 unspecified atom stereocenters. The van der Waals surface area contributed by atoms with Gasteiger partial charge in [-0.05, 0) is 54.8 Å². The molecule has 1 saturated heterocycles. The second-order valence-electron chi connectivity index (χ2n) is 7.93. The van der Waals surface area contributed by atoms with Gasteiger partial charge in [0.05, 0.1) is 29.9 Å². The summed E-state index contributed by atoms with van der Waals surface area (Å²) < 4.78 is 11.0. The zero-order chi connectivity index (χ0) is 22.2. The van der Waals surface area contributed by atoms with Gasteiger partial charge in [-0.25, -0.2) is 0 Å². The average Bonchev–Trinajstić information content (AvgIpc) is 3.54. The number of carbonyl (C=O) groups is 1. The molecule has 0 spiro atoms. The molecule has 1 amide bonds. The van der Waals surface area contributed by atoms with Crippen LogP contribution in [0.4, 0.5) is 5.69 Å². The van der Waals surface area contributed by atoms with Crippen LogP contribution in [-0.2, 0) is 4.74 Å². The summed E-state index contributed by atoms with van der Waals surface area (Å²) in [4.78, 5) is 25.8. The highest BCUT2D eigenvalue weighted by Gasteiger charge is 2.43. The van der Waals surface area contributed by atoms with Crippen molar-refractivity contribution in [3.05, 3.63) is 75.5 Å². The molecular weight excluding hydrogens is 412 g/mol. The van der Waals surface area contributed by atoms with Gasteiger partial charge in [0.25, 0.3) is 11.6 Å². The predicted molar refractivity (Wildman–Crippen MR) is 116 cm³/mol. The van der Waals surface area contributed by atoms with Crippen molar-refractivity contribution in [1.82, 2.24) is 15.1 Å². The van der Waals surface area contributed by atoms with E-state index >= 15 is 0 Å². The van der Waals surface area contributed by atoms with Crippen molar-refractivity contribution < 1.29 is 19.2 Å². The first-order valence-corrected chi connectivity index (χ1v) is 10.5. The molecule has 1 N–H and O–H groups in total. The molecule has 32 heavy (non-hydrogen) atoms. The highest BCUT2D eigenvalue weighted by molar-refractivity contribution is 6.00. The van der Waals surface area contributed by atoms with Crippen molar-refractivity contribution in [2.45, 2.75) is 25.0 Å². The van der Waals surface area contributed by atoms with Crippen LogP contribution < -0.4 is 4.74 Å². The van der Waals surface area contributed by atoms with E-state index in [1.807, 2.05) is 24.3 Å². The van der Waals surface area contributed by atoms with Crippen LogP contribution in [0.5, 0.6) is 5.75 Å². The number of methoxy groups -OCH3 is 1. The number of amides is 1. The molecule has 0 radical (unpaired) electrons. The Morgan fingerprint density at radius 3 is 2.59 bits per heavy atom. The molecule has 1 aromatic heterocycles. The summed E-state index contributed by atoms with van der Waals surface area (Å²) in [6, 6.07) is 13.4. The lowest BCUT2D eigenvalue weighted by Crippen LogP contribution is -2.36. The summed E-state index contributed by atoms with van der Waals surface area (Å²) in [6.45, 7) is 1.14. The first-order valence-electron chi connectivity index (χ1n) is 10.5. The Balaban J connectivity index is 1.59. The fourth-order valence-electron chi connectivity index (χ4n) is 4.49. The van der Waals surface area contributed by atoms with E-state index in [1.165, 1.54) is 12.1 Å². The summed E-state index contributed by atoms with van der Waals surface area (Å²) in [6.07, 6.45) is 1.84. The molecule has 2 atom stereocenters. The van der Waals surface area contributed by atoms with Crippen molar-refractivity contribution in [1.29, 1.82) is 0 Å². The van der Waals surface area contributed by atoms with E-state index in [0.717, 1.165) is 35.3 Å². The Morgan fingerprint density at radius 1 is 1.22 bits per heavy atom. The highest BCUT2D eigenvalue weighted by atomic mass is 16.6. The van der Waals surface area contributed by atoms with Crippen LogP contribution >= 0.6 is 0 Å². The van der Waals surface area contributed by atoms with Gasteiger partial charge in [-0.3, -0.25) is 20.0 Å². The van der Waals surface area contributed by atoms with Crippen LogP contribution in [0.3, 0.4) is 0 Å². The van der Waals surface area contributed by atoms with E-state index in [4.69, 9.17) is 9.47 Å². The molecule has 2 aliphatic heterocycles. The van der Waals surface area contributed by atoms with Gasteiger partial charge in [0.2, 0.25) is 0 Å². The molecule has 9 heteroatoms. The molecule has 2 aliphatic rings. The summed E-state index contributed by atoms with van der Waals surface area (Å²) in [7, 11) is 1.60. The Kier molecular flexibility index (Phi) is 5.10. The molecule has 3 aromatic rings. The number of nitrogens with zero attached hydrogens (tertiary/aromatic N) is 3. The lowest BCUT2D eigenvalue weighted by Gasteiger charge is -2.28. The molecule has 5 rings (SSSR count). The quantitative estimate of drug-likeness (QED) is 0.468. The molecule has 0 aliphatic carbocycles. The van der Waals surface area contributed by atoms with Crippen molar-refractivity contribution in [2.24, 2.45) is 0 Å². The molecule has 164 valence electrons. The van der Waals surface area contributed by atoms with Crippen molar-refractivity contribution in [2.75, 3.05) is 20.3 Å². The maximum atomic E-state index is 13.4. The number of nitrogens with one attached hydrogen (secondary N) is 1. The number of ether oxygens (including phenoxy) is 2. The minimum atomic E-state index is -0.431. The van der Waals surface area contributed by atoms with E-state index in [2.05, 4.69) is 10.2 Å². The van der Waals surface area contributed by atoms with E-state index in [-0.39, 0.29) is 17.7 Å². The third kappa shape index (κ3) is 3.40. The average molecular weight is 434 g/mol. The maximum absolute atomic E-state index is 13.4. The third-order valence-corrected chi connectivity index (χ3v) is 6.07. The van der Waals surface area contributed by atoms with Crippen LogP contribution in [0.1, 0.15) is 40.5 Å². The van der Waals surface area contributed by atoms with Gasteiger partial charge in [0.1, 0.15) is 11.4 Å². The standard InChI is InChI=1S/C23H22N4O5/c1-31-17-10-6-14(7-11-17)20-19-21(25-24-20)23(28)26(13-18-3-2-12-32-18)22(19)15-4-8-16(9-5-15)27(29)30/h4-11,18,22H,2-3,12-13H2,1H3,(H,24,25). The minimum absolute atomic E-state index is 0.00606. The first kappa shape index (κ1) is 20.2. The summed E-state index contributed by atoms with van der Waals surface area (Å²) in [5.41, 5.74) is 3.53. The zero-order valence-electron chi connectivity index (χ0n) is 17.5. The van der Waals surface area contributed by atoms with E-state index in [9.17, 15) is 14.9 Å². The molecule has 0 saturated carbocycles. The van der Waals surface area contributed by atoms with Gasteiger partial charge in [-0.15, -0.1) is 0 Å². The minimum Gasteiger partial charge on any atom is -0.497 e. The first-order chi connectivity index (χ1) is 15.6. The Bertz CT molecular complexity index is 1150. The molecular formula is C23H22N4O5. The predicted octanol–water partition coefficient (Wildman–Crippen LogP) is 3.72. The molecule has 3 heterocycles. The third-order valence-electron chi connectivity index (χ3n) is 6.07. The highest BCUT2D eigenvalue weighted by Crippen LogP contribution is 2.43. The molecule has 9 nitrogen and oxygen atoms in total. The Hall–Kier alpha value is -3.72. The lowest BCUT2D eigenvalue weighted by atomic mass is 9.95. The largest absolute Gasteiger partial charge is 0.497 e. The number of nitro groups is 1. The topological polar surface area (TPSA) is 111 Å². The van der Waals surface area contributed by atoms with Gasteiger partial charge < -0.3 is 14.4 Å². The van der Waals surface area contributed by atoms with E-state index in [1.54, 1.807) is 24.1 Å². The summed E-state index contributed by atoms with van der Waals surface area (Å²) in [5, 5.41) is 18.5. The smallest absolute Gasteiger partial charge is 0.273 e. The SMILES string of the molecule is COc1ccc(-c2n[nH]c3c2C(c2ccc([N+](=O)[O-])cc2)N(CC2CCCO2)C3=O)cc1. The van der Waals surface area contributed by atoms with Gasteiger partial charge in [0, 0.05) is 36.4 Å². The van der Waals surface area contributed by atoms with Crippen molar-refractivity contribution >= 4 is 11.6 Å². The van der Waals surface area contributed by atoms with Crippen LogP contribution in [0.15, 0.2) is 48.5 Å². The number of hydrogen-bond donors (Lipinski definition) is 1. The normalized spacial score (nSPS) is 19.9. The Labute approximate surface area is 184 Å². The second kappa shape index (κ2) is 8.08. The number of rotatable bonds is 6. The van der Waals surface area contributed by atoms with Gasteiger partial charge >= 0.3 is 0 Å². The molecule has 1 fully saturated rings. The maximum Gasteiger partial charge on any atom is 0.273 e. The van der Waals surface area contributed by atoms with Gasteiger partial charge in [-0.1, -0.05) is 0 Å². The van der Waals surface area contributed by atoms with Gasteiger partial charge in [-0.2, -0.15) is 5.10 Å².